The molecule has 3 N–H and O–H groups in total. The van der Waals surface area contributed by atoms with E-state index in [0.717, 1.165) is 5.56 Å². The smallest absolute Gasteiger partial charge is 0.334 e. The summed E-state index contributed by atoms with van der Waals surface area (Å²) < 4.78 is 18.3. The van der Waals surface area contributed by atoms with Crippen LogP contribution in [0.5, 0.6) is 0 Å². The molecule has 0 spiro atoms. The maximum atomic E-state index is 12.9. The van der Waals surface area contributed by atoms with E-state index in [-0.39, 0.29) is 31.4 Å². The van der Waals surface area contributed by atoms with Crippen molar-refractivity contribution in [3.05, 3.63) is 35.6 Å². The van der Waals surface area contributed by atoms with Crippen LogP contribution in [0.4, 0.5) is 9.18 Å². The van der Waals surface area contributed by atoms with Gasteiger partial charge in [-0.25, -0.2) is 14.0 Å². The second kappa shape index (κ2) is 10.0. The van der Waals surface area contributed by atoms with Gasteiger partial charge < -0.3 is 25.4 Å². The van der Waals surface area contributed by atoms with Crippen LogP contribution >= 0.6 is 0 Å². The van der Waals surface area contributed by atoms with Crippen molar-refractivity contribution in [2.45, 2.75) is 51.5 Å². The number of hydrogen-bond acceptors (Lipinski definition) is 4. The molecule has 0 saturated carbocycles. The van der Waals surface area contributed by atoms with Crippen LogP contribution in [0.25, 0.3) is 0 Å². The van der Waals surface area contributed by atoms with E-state index >= 15 is 0 Å². The average molecular weight is 395 g/mol. The van der Waals surface area contributed by atoms with Crippen molar-refractivity contribution in [1.29, 1.82) is 0 Å². The third kappa shape index (κ3) is 6.19. The Bertz CT molecular complexity index is 697. The monoisotopic (exact) mass is 395 g/mol. The van der Waals surface area contributed by atoms with Crippen LogP contribution in [-0.4, -0.2) is 59.3 Å². The van der Waals surface area contributed by atoms with E-state index in [1.54, 1.807) is 19.1 Å². The van der Waals surface area contributed by atoms with Gasteiger partial charge in [0.05, 0.1) is 12.6 Å². The lowest BCUT2D eigenvalue weighted by atomic mass is 10.1. The fourth-order valence-corrected chi connectivity index (χ4v) is 3.03. The summed E-state index contributed by atoms with van der Waals surface area (Å²) in [4.78, 5) is 37.7. The molecule has 2 rings (SSSR count). The summed E-state index contributed by atoms with van der Waals surface area (Å²) in [5.74, 6) is -1.82. The van der Waals surface area contributed by atoms with Crippen LogP contribution in [0.3, 0.4) is 0 Å². The van der Waals surface area contributed by atoms with E-state index in [1.165, 1.54) is 17.0 Å². The minimum Gasteiger partial charge on any atom is -0.479 e. The van der Waals surface area contributed by atoms with Gasteiger partial charge in [-0.2, -0.15) is 0 Å². The van der Waals surface area contributed by atoms with Crippen molar-refractivity contribution < 1.29 is 28.6 Å². The van der Waals surface area contributed by atoms with Crippen molar-refractivity contribution in [3.63, 3.8) is 0 Å². The fourth-order valence-electron chi connectivity index (χ4n) is 3.03. The second-order valence-electron chi connectivity index (χ2n) is 6.81. The molecular formula is C19H26FN3O5. The number of urea groups is 1. The predicted octanol–water partition coefficient (Wildman–Crippen LogP) is 1.49. The zero-order valence-electron chi connectivity index (χ0n) is 16.0. The molecule has 28 heavy (non-hydrogen) atoms. The normalized spacial score (nSPS) is 20.3. The predicted molar refractivity (Wildman–Crippen MR) is 99.0 cm³/mol. The lowest BCUT2D eigenvalue weighted by Gasteiger charge is -2.36. The number of rotatable bonds is 7. The molecule has 154 valence electrons. The minimum absolute atomic E-state index is 0.0579. The average Bonchev–Trinajstić information content (AvgIpc) is 2.66. The molecule has 1 aliphatic heterocycles. The molecule has 1 aromatic rings. The Kier molecular flexibility index (Phi) is 7.74. The first kappa shape index (κ1) is 21.6. The number of aliphatic carboxylic acids is 1. The molecule has 0 radical (unpaired) electrons. The van der Waals surface area contributed by atoms with E-state index in [0.29, 0.717) is 12.8 Å². The molecule has 1 aliphatic rings. The molecule has 1 heterocycles. The first-order valence-electron chi connectivity index (χ1n) is 9.26. The van der Waals surface area contributed by atoms with Crippen molar-refractivity contribution in [3.8, 4) is 0 Å². The first-order chi connectivity index (χ1) is 13.3. The number of morpholine rings is 1. The van der Waals surface area contributed by atoms with Gasteiger partial charge in [-0.3, -0.25) is 4.79 Å². The van der Waals surface area contributed by atoms with Crippen molar-refractivity contribution in [2.75, 3.05) is 13.1 Å². The van der Waals surface area contributed by atoms with Gasteiger partial charge in [0.1, 0.15) is 11.9 Å². The van der Waals surface area contributed by atoms with E-state index < -0.39 is 30.3 Å². The number of carbonyl (C=O) groups is 3. The Hall–Kier alpha value is -2.68. The number of nitrogens with one attached hydrogen (secondary N) is 2. The number of carboxylic acid groups (broad SMARTS) is 1. The molecule has 3 atom stereocenters. The summed E-state index contributed by atoms with van der Waals surface area (Å²) in [7, 11) is 0. The summed E-state index contributed by atoms with van der Waals surface area (Å²) >= 11 is 0. The summed E-state index contributed by atoms with van der Waals surface area (Å²) in [6.45, 7) is 3.99. The molecule has 0 bridgehead atoms. The SMILES string of the molecule is CCCC(NC(=O)NCc1ccc(F)cc1)C(=O)N1CC(C(=O)O)O[C@H](C)C1. The molecule has 1 saturated heterocycles. The highest BCUT2D eigenvalue weighted by Crippen LogP contribution is 2.14. The Balaban J connectivity index is 1.94. The quantitative estimate of drug-likeness (QED) is 0.648. The highest BCUT2D eigenvalue weighted by molar-refractivity contribution is 5.87. The second-order valence-corrected chi connectivity index (χ2v) is 6.81. The number of benzene rings is 1. The Morgan fingerprint density at radius 1 is 1.29 bits per heavy atom. The number of carboxylic acids is 1. The van der Waals surface area contributed by atoms with Crippen LogP contribution in [0.1, 0.15) is 32.3 Å². The topological polar surface area (TPSA) is 108 Å². The lowest BCUT2D eigenvalue weighted by molar-refractivity contribution is -0.167. The standard InChI is InChI=1S/C19H26FN3O5/c1-3-4-15(17(24)23-10-12(2)28-16(11-23)18(25)26)22-19(27)21-9-13-5-7-14(20)8-6-13/h5-8,12,15-16H,3-4,9-11H2,1-2H3,(H,25,26)(H2,21,22,27)/t12-,15?,16?/m1/s1. The number of ether oxygens (including phenoxy) is 1. The van der Waals surface area contributed by atoms with Gasteiger partial charge in [0, 0.05) is 13.1 Å². The molecule has 8 nitrogen and oxygen atoms in total. The molecule has 1 fully saturated rings. The van der Waals surface area contributed by atoms with E-state index in [1.807, 2.05) is 6.92 Å². The maximum Gasteiger partial charge on any atom is 0.334 e. The highest BCUT2D eigenvalue weighted by Gasteiger charge is 2.35. The van der Waals surface area contributed by atoms with Crippen LogP contribution in [0.15, 0.2) is 24.3 Å². The zero-order valence-corrected chi connectivity index (χ0v) is 16.0. The highest BCUT2D eigenvalue weighted by atomic mass is 19.1. The molecule has 9 heteroatoms. The summed E-state index contributed by atoms with van der Waals surface area (Å²) in [5.41, 5.74) is 0.723. The number of nitrogens with zero attached hydrogens (tertiary/aromatic N) is 1. The third-order valence-electron chi connectivity index (χ3n) is 4.39. The molecule has 3 amide bonds. The van der Waals surface area contributed by atoms with Crippen molar-refractivity contribution in [1.82, 2.24) is 15.5 Å². The largest absolute Gasteiger partial charge is 0.479 e. The maximum absolute atomic E-state index is 12.9. The van der Waals surface area contributed by atoms with Gasteiger partial charge >= 0.3 is 12.0 Å². The number of hydrogen-bond donors (Lipinski definition) is 3. The van der Waals surface area contributed by atoms with Crippen LogP contribution in [-0.2, 0) is 20.9 Å². The van der Waals surface area contributed by atoms with Gasteiger partial charge in [0.15, 0.2) is 6.10 Å². The number of carbonyl (C=O) groups excluding carboxylic acids is 2. The Labute approximate surface area is 163 Å². The Morgan fingerprint density at radius 3 is 2.57 bits per heavy atom. The summed E-state index contributed by atoms with van der Waals surface area (Å²) in [5, 5.41) is 14.5. The van der Waals surface area contributed by atoms with E-state index in [2.05, 4.69) is 10.6 Å². The van der Waals surface area contributed by atoms with Crippen LogP contribution < -0.4 is 10.6 Å². The third-order valence-corrected chi connectivity index (χ3v) is 4.39. The molecule has 1 aromatic carbocycles. The van der Waals surface area contributed by atoms with Gasteiger partial charge in [0.25, 0.3) is 0 Å². The lowest BCUT2D eigenvalue weighted by Crippen LogP contribution is -2.57. The zero-order chi connectivity index (χ0) is 20.7. The summed E-state index contributed by atoms with van der Waals surface area (Å²) in [6.07, 6.45) is -0.404. The van der Waals surface area contributed by atoms with Crippen LogP contribution in [0, 0.1) is 5.82 Å². The van der Waals surface area contributed by atoms with Gasteiger partial charge in [-0.15, -0.1) is 0 Å². The molecule has 0 aromatic heterocycles. The Morgan fingerprint density at radius 2 is 1.96 bits per heavy atom. The van der Waals surface area contributed by atoms with Crippen LogP contribution in [0.2, 0.25) is 0 Å². The van der Waals surface area contributed by atoms with Crippen molar-refractivity contribution in [2.24, 2.45) is 0 Å². The van der Waals surface area contributed by atoms with Crippen molar-refractivity contribution >= 4 is 17.9 Å². The summed E-state index contributed by atoms with van der Waals surface area (Å²) in [6, 6.07) is 4.44. The first-order valence-corrected chi connectivity index (χ1v) is 9.26. The molecular weight excluding hydrogens is 369 g/mol. The van der Waals surface area contributed by atoms with Gasteiger partial charge in [0.2, 0.25) is 5.91 Å². The van der Waals surface area contributed by atoms with E-state index in [9.17, 15) is 23.9 Å². The number of halogens is 1. The minimum atomic E-state index is -1.12. The fraction of sp³-hybridized carbons (Fsp3) is 0.526. The molecule has 2 unspecified atom stereocenters. The van der Waals surface area contributed by atoms with Gasteiger partial charge in [-0.1, -0.05) is 25.5 Å². The van der Waals surface area contributed by atoms with E-state index in [4.69, 9.17) is 4.74 Å². The van der Waals surface area contributed by atoms with Gasteiger partial charge in [-0.05, 0) is 31.0 Å². The molecule has 0 aliphatic carbocycles. The number of amides is 3.